The molecule has 1 atom stereocenters. The third-order valence-corrected chi connectivity index (χ3v) is 6.43. The van der Waals surface area contributed by atoms with Crippen LogP contribution in [0.5, 0.6) is 0 Å². The van der Waals surface area contributed by atoms with Crippen molar-refractivity contribution < 1.29 is 14.6 Å². The molecule has 9 nitrogen and oxygen atoms in total. The van der Waals surface area contributed by atoms with E-state index >= 15 is 0 Å². The van der Waals surface area contributed by atoms with E-state index in [1.54, 1.807) is 4.90 Å². The summed E-state index contributed by atoms with van der Waals surface area (Å²) < 4.78 is 5.36. The largest absolute Gasteiger partial charge is 0.389 e. The van der Waals surface area contributed by atoms with Crippen molar-refractivity contribution in [2.24, 2.45) is 0 Å². The third kappa shape index (κ3) is 4.20. The summed E-state index contributed by atoms with van der Waals surface area (Å²) in [6.45, 7) is 6.59. The number of ether oxygens (including phenoxy) is 1. The fraction of sp³-hybridized carbons (Fsp3) is 0.500. The number of aliphatic hydroxyl groups excluding tert-OH is 1. The maximum absolute atomic E-state index is 12.9. The average molecular weight is 459 g/mol. The maximum atomic E-state index is 12.9. The van der Waals surface area contributed by atoms with Crippen molar-refractivity contribution in [3.63, 3.8) is 0 Å². The Hall–Kier alpha value is -2.62. The van der Waals surface area contributed by atoms with E-state index in [0.29, 0.717) is 58.3 Å². The molecular formula is C22H27ClN6O3. The van der Waals surface area contributed by atoms with E-state index in [-0.39, 0.29) is 23.5 Å². The number of nitrogens with one attached hydrogen (secondary N) is 1. The molecule has 0 saturated carbocycles. The summed E-state index contributed by atoms with van der Waals surface area (Å²) in [7, 11) is 0. The predicted molar refractivity (Wildman–Crippen MR) is 121 cm³/mol. The molecule has 170 valence electrons. The van der Waals surface area contributed by atoms with Gasteiger partial charge in [-0.25, -0.2) is 14.8 Å². The van der Waals surface area contributed by atoms with Crippen LogP contribution in [0, 0.1) is 0 Å². The Labute approximate surface area is 191 Å². The normalized spacial score (nSPS) is 19.5. The number of hydrogen-bond acceptors (Lipinski definition) is 7. The molecule has 0 spiro atoms. The Morgan fingerprint density at radius 1 is 1.22 bits per heavy atom. The molecule has 32 heavy (non-hydrogen) atoms. The minimum absolute atomic E-state index is 0.00847. The monoisotopic (exact) mass is 458 g/mol. The molecule has 0 radical (unpaired) electrons. The highest BCUT2D eigenvalue weighted by Crippen LogP contribution is 2.32. The van der Waals surface area contributed by atoms with E-state index in [1.807, 2.05) is 11.0 Å². The highest BCUT2D eigenvalue weighted by Gasteiger charge is 2.32. The van der Waals surface area contributed by atoms with Crippen molar-refractivity contribution in [1.29, 1.82) is 0 Å². The Morgan fingerprint density at radius 2 is 2.00 bits per heavy atom. The molecule has 2 aromatic rings. The molecule has 2 amide bonds. The lowest BCUT2D eigenvalue weighted by molar-refractivity contribution is 0.0429. The van der Waals surface area contributed by atoms with Gasteiger partial charge < -0.3 is 29.9 Å². The number of carbonyl (C=O) groups is 1. The smallest absolute Gasteiger partial charge is 0.320 e. The predicted octanol–water partition coefficient (Wildman–Crippen LogP) is 2.25. The van der Waals surface area contributed by atoms with Gasteiger partial charge in [0.1, 0.15) is 5.82 Å². The summed E-state index contributed by atoms with van der Waals surface area (Å²) in [6, 6.07) is 8.23. The fourth-order valence-corrected chi connectivity index (χ4v) is 4.57. The van der Waals surface area contributed by atoms with Gasteiger partial charge >= 0.3 is 6.03 Å². The van der Waals surface area contributed by atoms with Crippen molar-refractivity contribution in [1.82, 2.24) is 19.8 Å². The van der Waals surface area contributed by atoms with E-state index in [2.05, 4.69) is 45.3 Å². The summed E-state index contributed by atoms with van der Waals surface area (Å²) in [5.41, 5.74) is 3.89. The molecule has 3 aliphatic heterocycles. The van der Waals surface area contributed by atoms with Gasteiger partial charge in [0.05, 0.1) is 44.1 Å². The van der Waals surface area contributed by atoms with Gasteiger partial charge in [-0.1, -0.05) is 12.1 Å². The first-order valence-corrected chi connectivity index (χ1v) is 11.3. The molecule has 3 aliphatic rings. The van der Waals surface area contributed by atoms with E-state index in [0.717, 1.165) is 22.5 Å². The first-order chi connectivity index (χ1) is 15.5. The van der Waals surface area contributed by atoms with Gasteiger partial charge in [-0.2, -0.15) is 0 Å². The molecular weight excluding hydrogens is 432 g/mol. The number of benzene rings is 1. The topological polar surface area (TPSA) is 94.1 Å². The van der Waals surface area contributed by atoms with Crippen molar-refractivity contribution in [3.8, 4) is 0 Å². The number of hydrogen-bond donors (Lipinski definition) is 2. The van der Waals surface area contributed by atoms with Crippen LogP contribution < -0.4 is 10.2 Å². The second-order valence-electron chi connectivity index (χ2n) is 8.52. The van der Waals surface area contributed by atoms with Gasteiger partial charge in [0, 0.05) is 37.4 Å². The first-order valence-electron chi connectivity index (χ1n) is 10.9. The molecule has 4 heterocycles. The number of amides is 2. The van der Waals surface area contributed by atoms with Crippen LogP contribution in [0.15, 0.2) is 24.3 Å². The van der Waals surface area contributed by atoms with E-state index in [4.69, 9.17) is 16.3 Å². The number of rotatable bonds is 4. The fourth-order valence-electron chi connectivity index (χ4n) is 4.38. The van der Waals surface area contributed by atoms with Crippen LogP contribution in [-0.2, 0) is 17.8 Å². The molecule has 0 bridgehead atoms. The summed E-state index contributed by atoms with van der Waals surface area (Å²) in [5, 5.41) is 13.2. The van der Waals surface area contributed by atoms with E-state index in [1.165, 1.54) is 0 Å². The number of carbonyl (C=O) groups excluding carboxylic acids is 1. The second-order valence-corrected chi connectivity index (χ2v) is 8.86. The van der Waals surface area contributed by atoms with E-state index < -0.39 is 0 Å². The Bertz CT molecular complexity index is 1010. The maximum Gasteiger partial charge on any atom is 0.320 e. The van der Waals surface area contributed by atoms with Crippen LogP contribution >= 0.6 is 11.6 Å². The SMILES string of the molecule is C[C@@H](Nc1nc(Cl)nc2c1CN(C(=O)N1CCOCC1)C2)c1cccc(N2CC(O)C2)c1. The van der Waals surface area contributed by atoms with Crippen molar-refractivity contribution in [2.75, 3.05) is 49.6 Å². The van der Waals surface area contributed by atoms with Gasteiger partial charge in [-0.3, -0.25) is 0 Å². The lowest BCUT2D eigenvalue weighted by Crippen LogP contribution is -2.50. The quantitative estimate of drug-likeness (QED) is 0.678. The molecule has 10 heteroatoms. The molecule has 0 unspecified atom stereocenters. The molecule has 1 aromatic heterocycles. The zero-order valence-corrected chi connectivity index (χ0v) is 18.8. The molecule has 1 aromatic carbocycles. The van der Waals surface area contributed by atoms with Crippen LogP contribution in [0.25, 0.3) is 0 Å². The van der Waals surface area contributed by atoms with Crippen LogP contribution in [0.1, 0.15) is 29.8 Å². The first kappa shape index (κ1) is 21.2. The molecule has 5 rings (SSSR count). The number of aliphatic hydroxyl groups is 1. The van der Waals surface area contributed by atoms with Gasteiger partial charge in [0.15, 0.2) is 0 Å². The van der Waals surface area contributed by atoms with Crippen molar-refractivity contribution >= 4 is 29.1 Å². The van der Waals surface area contributed by atoms with Gasteiger partial charge in [0.2, 0.25) is 5.28 Å². The molecule has 2 N–H and O–H groups in total. The zero-order valence-electron chi connectivity index (χ0n) is 18.0. The Kier molecular flexibility index (Phi) is 5.79. The summed E-state index contributed by atoms with van der Waals surface area (Å²) in [4.78, 5) is 27.5. The average Bonchev–Trinajstić information content (AvgIpc) is 3.21. The second kappa shape index (κ2) is 8.73. The molecule has 2 saturated heterocycles. The minimum Gasteiger partial charge on any atom is -0.389 e. The van der Waals surface area contributed by atoms with Crippen molar-refractivity contribution in [2.45, 2.75) is 32.2 Å². The van der Waals surface area contributed by atoms with Crippen LogP contribution in [0.2, 0.25) is 5.28 Å². The standard InChI is InChI=1S/C22H27ClN6O3/c1-14(15-3-2-4-16(9-15)28-10-17(30)11-28)24-20-18-12-29(13-19(18)25-21(23)26-20)22(31)27-5-7-32-8-6-27/h2-4,9,14,17,30H,5-8,10-13H2,1H3,(H,24,25,26)/t14-/m1/s1. The van der Waals surface area contributed by atoms with E-state index in [9.17, 15) is 9.90 Å². The summed E-state index contributed by atoms with van der Waals surface area (Å²) in [6.07, 6.45) is -0.247. The number of morpholine rings is 1. The number of nitrogens with zero attached hydrogens (tertiary/aromatic N) is 5. The molecule has 2 fully saturated rings. The highest BCUT2D eigenvalue weighted by atomic mass is 35.5. The van der Waals surface area contributed by atoms with Crippen LogP contribution in [0.3, 0.4) is 0 Å². The van der Waals surface area contributed by atoms with Gasteiger partial charge in [-0.15, -0.1) is 0 Å². The number of aromatic nitrogens is 2. The summed E-state index contributed by atoms with van der Waals surface area (Å²) in [5.74, 6) is 0.662. The molecule has 0 aliphatic carbocycles. The zero-order chi connectivity index (χ0) is 22.2. The Morgan fingerprint density at radius 3 is 2.75 bits per heavy atom. The number of urea groups is 1. The Balaban J connectivity index is 1.32. The van der Waals surface area contributed by atoms with Gasteiger partial charge in [-0.05, 0) is 36.2 Å². The highest BCUT2D eigenvalue weighted by molar-refractivity contribution is 6.28. The van der Waals surface area contributed by atoms with Gasteiger partial charge in [0.25, 0.3) is 0 Å². The third-order valence-electron chi connectivity index (χ3n) is 6.26. The number of anilines is 2. The number of fused-ring (bicyclic) bond motifs is 1. The lowest BCUT2D eigenvalue weighted by atomic mass is 10.0. The summed E-state index contributed by atoms with van der Waals surface area (Å²) >= 11 is 6.22. The van der Waals surface area contributed by atoms with Crippen LogP contribution in [0.4, 0.5) is 16.3 Å². The number of β-amino-alcohol motifs (C(OH)–C–C–N with tert-alkyl or cyclic N) is 1. The van der Waals surface area contributed by atoms with Crippen LogP contribution in [-0.4, -0.2) is 76.4 Å². The lowest BCUT2D eigenvalue weighted by Gasteiger charge is -2.38. The minimum atomic E-state index is -0.247. The number of halogens is 1. The van der Waals surface area contributed by atoms with Crippen molar-refractivity contribution in [3.05, 3.63) is 46.4 Å².